The van der Waals surface area contributed by atoms with Gasteiger partial charge < -0.3 is 0 Å². The van der Waals surface area contributed by atoms with Crippen LogP contribution in [-0.2, 0) is 0 Å². The van der Waals surface area contributed by atoms with Crippen molar-refractivity contribution >= 4 is 8.80 Å². The van der Waals surface area contributed by atoms with Gasteiger partial charge >= 0.3 is 59.2 Å². The second-order valence-electron chi connectivity index (χ2n) is 7.69. The molecule has 0 bridgehead atoms. The maximum Gasteiger partial charge on any atom is 0.384 e. The molecule has 2 aliphatic carbocycles. The van der Waals surface area contributed by atoms with Crippen molar-refractivity contribution in [1.82, 2.24) is 0 Å². The number of hydrogen-bond acceptors (Lipinski definition) is 0. The zero-order valence-corrected chi connectivity index (χ0v) is 16.8. The van der Waals surface area contributed by atoms with Crippen LogP contribution in [0.15, 0.2) is 0 Å². The van der Waals surface area contributed by atoms with Crippen LogP contribution in [0.1, 0.15) is 0 Å². The van der Waals surface area contributed by atoms with Crippen molar-refractivity contribution in [2.75, 3.05) is 0 Å². The summed E-state index contributed by atoms with van der Waals surface area (Å²) in [7, 11) is -7.91. The van der Waals surface area contributed by atoms with Crippen molar-refractivity contribution in [2.45, 2.75) is 76.4 Å². The Bertz CT molecular complexity index is 796. The molecule has 23 heteroatoms. The molecule has 0 saturated heterocycles. The third-order valence-electron chi connectivity index (χ3n) is 5.92. The molecule has 2 rings (SSSR count). The van der Waals surface area contributed by atoms with Gasteiger partial charge in [0.25, 0.3) is 0 Å². The molecule has 1 radical (unpaired) electrons. The molecule has 0 N–H and O–H groups in total. The predicted molar refractivity (Wildman–Crippen MR) is 68.8 cm³/mol. The fourth-order valence-electron chi connectivity index (χ4n) is 3.62. The fourth-order valence-corrected chi connectivity index (χ4v) is 6.61. The van der Waals surface area contributed by atoms with Gasteiger partial charge in [0, 0.05) is 0 Å². The van der Waals surface area contributed by atoms with E-state index < -0.39 is 85.2 Å². The van der Waals surface area contributed by atoms with Crippen molar-refractivity contribution in [3.63, 3.8) is 0 Å². The van der Waals surface area contributed by atoms with Gasteiger partial charge in [-0.15, -0.1) is 0 Å². The van der Waals surface area contributed by atoms with Gasteiger partial charge in [-0.2, -0.15) is 87.8 Å². The highest BCUT2D eigenvalue weighted by Gasteiger charge is 3.07. The molecule has 0 atom stereocenters. The molecule has 2 fully saturated rings. The van der Waals surface area contributed by atoms with E-state index in [1.165, 1.54) is 0 Å². The number of alkyl halides is 22. The zero-order valence-electron chi connectivity index (χ0n) is 15.8. The first-order chi connectivity index (χ1) is 15.2. The third-order valence-corrected chi connectivity index (χ3v) is 9.24. The van der Waals surface area contributed by atoms with Crippen molar-refractivity contribution in [2.24, 2.45) is 0 Å². The summed E-state index contributed by atoms with van der Waals surface area (Å²) in [5, 5.41) is -16.4. The Labute approximate surface area is 183 Å². The van der Waals surface area contributed by atoms with Gasteiger partial charge in [-0.05, 0) is 0 Å². The Hall–Kier alpha value is -1.32. The lowest BCUT2D eigenvalue weighted by Gasteiger charge is -2.59. The van der Waals surface area contributed by atoms with Crippen LogP contribution in [0.4, 0.5) is 96.6 Å². The van der Waals surface area contributed by atoms with Gasteiger partial charge in [0.05, 0.1) is 0 Å². The molecular formula is C13H3F22Si. The minimum atomic E-state index is -8.40. The van der Waals surface area contributed by atoms with Gasteiger partial charge in [-0.25, -0.2) is 8.78 Å². The summed E-state index contributed by atoms with van der Waals surface area (Å²) in [6, 6.07) is 0. The van der Waals surface area contributed by atoms with E-state index in [0.717, 1.165) is 0 Å². The summed E-state index contributed by atoms with van der Waals surface area (Å²) < 4.78 is 303. The molecular weight excluding hydrogens is 602 g/mol. The average Bonchev–Trinajstić information content (AvgIpc) is 2.68. The summed E-state index contributed by atoms with van der Waals surface area (Å²) in [5.74, 6) is -82.9. The summed E-state index contributed by atoms with van der Waals surface area (Å²) in [5.41, 5.74) is 0. The molecule has 2 saturated carbocycles. The van der Waals surface area contributed by atoms with Crippen molar-refractivity contribution in [1.29, 1.82) is 0 Å². The molecule has 0 aromatic carbocycles. The van der Waals surface area contributed by atoms with Gasteiger partial charge in [-0.3, -0.25) is 0 Å². The van der Waals surface area contributed by atoms with Crippen molar-refractivity contribution in [3.05, 3.63) is 0 Å². The van der Waals surface area contributed by atoms with Crippen LogP contribution in [0, 0.1) is 0 Å². The van der Waals surface area contributed by atoms with Crippen LogP contribution < -0.4 is 0 Å². The Balaban J connectivity index is 3.12. The number of rotatable bonds is 2. The lowest BCUT2D eigenvalue weighted by atomic mass is 9.79. The Morgan fingerprint density at radius 3 is 0.500 bits per heavy atom. The predicted octanol–water partition coefficient (Wildman–Crippen LogP) is 6.99. The van der Waals surface area contributed by atoms with E-state index in [1.807, 2.05) is 0 Å². The van der Waals surface area contributed by atoms with Crippen LogP contribution in [0.5, 0.6) is 0 Å². The Morgan fingerprint density at radius 2 is 0.361 bits per heavy atom. The van der Waals surface area contributed by atoms with E-state index in [-0.39, 0.29) is 0 Å². The molecule has 0 nitrogen and oxygen atoms in total. The van der Waals surface area contributed by atoms with E-state index in [1.54, 1.807) is 0 Å². The summed E-state index contributed by atoms with van der Waals surface area (Å²) in [6.45, 7) is -1.71. The van der Waals surface area contributed by atoms with E-state index in [2.05, 4.69) is 0 Å². The van der Waals surface area contributed by atoms with Gasteiger partial charge in [0.15, 0.2) is 8.80 Å². The van der Waals surface area contributed by atoms with Crippen LogP contribution in [0.2, 0.25) is 6.55 Å². The molecule has 0 heterocycles. The van der Waals surface area contributed by atoms with Gasteiger partial charge in [-0.1, -0.05) is 6.55 Å². The minimum absolute atomic E-state index is 1.71. The molecule has 0 aromatic rings. The van der Waals surface area contributed by atoms with Gasteiger partial charge in [0.2, 0.25) is 10.6 Å². The van der Waals surface area contributed by atoms with E-state index >= 15 is 0 Å². The first-order valence-corrected chi connectivity index (χ1v) is 10.2. The second-order valence-corrected chi connectivity index (χ2v) is 10.3. The number of hydrogen-bond donors (Lipinski definition) is 0. The molecule has 2 aliphatic rings. The Morgan fingerprint density at radius 1 is 0.250 bits per heavy atom. The van der Waals surface area contributed by atoms with E-state index in [4.69, 9.17) is 0 Å². The average molecular weight is 605 g/mol. The fraction of sp³-hybridized carbons (Fsp3) is 1.00. The topological polar surface area (TPSA) is 0 Å². The highest BCUT2D eigenvalue weighted by atomic mass is 28.3. The highest BCUT2D eigenvalue weighted by Crippen LogP contribution is 2.75. The largest absolute Gasteiger partial charge is 0.384 e. The summed E-state index contributed by atoms with van der Waals surface area (Å²) in [4.78, 5) is 0. The first kappa shape index (κ1) is 30.9. The van der Waals surface area contributed by atoms with Crippen LogP contribution in [0.3, 0.4) is 0 Å². The summed E-state index contributed by atoms with van der Waals surface area (Å²) in [6.07, 6.45) is 0. The third kappa shape index (κ3) is 2.33. The standard InChI is InChI=1S/C13H3F22Si/c1-36(12(34)8(26,27)4(18,19)2(14,15)5(20,21)9(12,28)29)13(35)10(30,31)6(22,23)3(16,17)7(24,25)11(13,32)33/h1H3. The quantitative estimate of drug-likeness (QED) is 0.236. The molecule has 0 spiro atoms. The zero-order chi connectivity index (χ0) is 29.6. The monoisotopic (exact) mass is 605 g/mol. The molecule has 0 amide bonds. The molecule has 0 aliphatic heterocycles. The normalized spacial score (nSPS) is 34.7. The second kappa shape index (κ2) is 6.62. The minimum Gasteiger partial charge on any atom is -0.234 e. The maximum absolute atomic E-state index is 14.9. The lowest BCUT2D eigenvalue weighted by Crippen LogP contribution is -2.93. The van der Waals surface area contributed by atoms with Crippen LogP contribution >= 0.6 is 0 Å². The van der Waals surface area contributed by atoms with Crippen LogP contribution in [0.25, 0.3) is 0 Å². The van der Waals surface area contributed by atoms with E-state index in [0.29, 0.717) is 0 Å². The molecule has 0 unspecified atom stereocenters. The Kier molecular flexibility index (Phi) is 5.69. The lowest BCUT2D eigenvalue weighted by molar-refractivity contribution is -0.482. The van der Waals surface area contributed by atoms with Crippen LogP contribution in [-0.4, -0.2) is 78.6 Å². The first-order valence-electron chi connectivity index (χ1n) is 8.16. The van der Waals surface area contributed by atoms with Gasteiger partial charge in [0.1, 0.15) is 0 Å². The highest BCUT2D eigenvalue weighted by molar-refractivity contribution is 6.65. The SMILES string of the molecule is C[Si](C1(F)C(F)(F)C(F)(F)C(F)(F)C(F)(F)C1(F)F)C1(F)C(F)(F)C(F)(F)C(F)(F)C(F)(F)C1(F)F. The number of halogens is 22. The summed E-state index contributed by atoms with van der Waals surface area (Å²) >= 11 is 0. The smallest absolute Gasteiger partial charge is 0.234 e. The van der Waals surface area contributed by atoms with Crippen molar-refractivity contribution < 1.29 is 96.6 Å². The van der Waals surface area contributed by atoms with E-state index in [9.17, 15) is 96.6 Å². The molecule has 213 valence electrons. The molecule has 36 heavy (non-hydrogen) atoms. The molecule has 0 aromatic heterocycles. The maximum atomic E-state index is 14.9. The van der Waals surface area contributed by atoms with Crippen molar-refractivity contribution in [3.8, 4) is 0 Å².